The van der Waals surface area contributed by atoms with Crippen LogP contribution in [-0.4, -0.2) is 92.9 Å². The lowest BCUT2D eigenvalue weighted by atomic mass is 9.97. The molecule has 1 aliphatic heterocycles. The molecule has 1 aromatic carbocycles. The fraction of sp³-hybridized carbons (Fsp3) is 0.600. The number of hydrogen-bond donors (Lipinski definition) is 3. The molecule has 194 valence electrons. The maximum absolute atomic E-state index is 13.1. The summed E-state index contributed by atoms with van der Waals surface area (Å²) >= 11 is 0. The molecule has 3 atom stereocenters. The van der Waals surface area contributed by atoms with Crippen LogP contribution in [0.1, 0.15) is 43.5 Å². The summed E-state index contributed by atoms with van der Waals surface area (Å²) in [6, 6.07) is 4.84. The Balaban J connectivity index is 2.31. The van der Waals surface area contributed by atoms with E-state index in [1.165, 1.54) is 4.90 Å². The van der Waals surface area contributed by atoms with Gasteiger partial charge in [-0.25, -0.2) is 0 Å². The zero-order valence-corrected chi connectivity index (χ0v) is 21.4. The lowest BCUT2D eigenvalue weighted by Crippen LogP contribution is -2.54. The van der Waals surface area contributed by atoms with E-state index in [1.807, 2.05) is 32.8 Å². The highest BCUT2D eigenvalue weighted by Crippen LogP contribution is 2.19. The van der Waals surface area contributed by atoms with Gasteiger partial charge in [-0.1, -0.05) is 32.4 Å². The van der Waals surface area contributed by atoms with E-state index < -0.39 is 29.8 Å². The fourth-order valence-electron chi connectivity index (χ4n) is 3.70. The Bertz CT molecular complexity index is 891. The molecule has 0 spiro atoms. The van der Waals surface area contributed by atoms with Gasteiger partial charge < -0.3 is 30.5 Å². The molecule has 10 heteroatoms. The Hall–Kier alpha value is -3.14. The predicted octanol–water partition coefficient (Wildman–Crippen LogP) is 0.625. The van der Waals surface area contributed by atoms with E-state index >= 15 is 0 Å². The molecule has 0 bridgehead atoms. The molecule has 1 heterocycles. The summed E-state index contributed by atoms with van der Waals surface area (Å²) in [4.78, 5) is 55.6. The van der Waals surface area contributed by atoms with Gasteiger partial charge in [-0.05, 0) is 45.1 Å². The normalized spacial score (nSPS) is 20.7. The molecule has 10 nitrogen and oxygen atoms in total. The Kier molecular flexibility index (Phi) is 11.0. The van der Waals surface area contributed by atoms with Crippen molar-refractivity contribution in [1.82, 2.24) is 25.8 Å². The number of fused-ring (bicyclic) bond motifs is 1. The quantitative estimate of drug-likeness (QED) is 0.483. The van der Waals surface area contributed by atoms with Crippen LogP contribution >= 0.6 is 0 Å². The molecular formula is C25H39N5O5. The molecule has 0 aliphatic carbocycles. The van der Waals surface area contributed by atoms with Crippen molar-refractivity contribution < 1.29 is 23.9 Å². The largest absolute Gasteiger partial charge is 0.491 e. The van der Waals surface area contributed by atoms with Crippen molar-refractivity contribution in [2.24, 2.45) is 5.92 Å². The minimum Gasteiger partial charge on any atom is -0.491 e. The van der Waals surface area contributed by atoms with Gasteiger partial charge in [-0.15, -0.1) is 0 Å². The maximum Gasteiger partial charge on any atom is 0.255 e. The van der Waals surface area contributed by atoms with Crippen LogP contribution in [0.4, 0.5) is 0 Å². The van der Waals surface area contributed by atoms with E-state index in [0.29, 0.717) is 18.7 Å². The molecule has 1 aliphatic rings. The van der Waals surface area contributed by atoms with Crippen LogP contribution in [0.5, 0.6) is 5.75 Å². The number of benzene rings is 1. The summed E-state index contributed by atoms with van der Waals surface area (Å²) in [6.07, 6.45) is 1.11. The van der Waals surface area contributed by atoms with Gasteiger partial charge in [-0.2, -0.15) is 0 Å². The van der Waals surface area contributed by atoms with Crippen molar-refractivity contribution in [1.29, 1.82) is 0 Å². The Morgan fingerprint density at radius 1 is 1.23 bits per heavy atom. The van der Waals surface area contributed by atoms with Crippen LogP contribution in [0.15, 0.2) is 24.3 Å². The number of carbonyl (C=O) groups is 4. The van der Waals surface area contributed by atoms with Crippen LogP contribution in [0.25, 0.3) is 0 Å². The van der Waals surface area contributed by atoms with Gasteiger partial charge in [0.05, 0.1) is 18.5 Å². The summed E-state index contributed by atoms with van der Waals surface area (Å²) in [5, 5.41) is 8.28. The number of ether oxygens (including phenoxy) is 1. The second-order valence-corrected chi connectivity index (χ2v) is 9.21. The zero-order valence-electron chi connectivity index (χ0n) is 21.4. The Morgan fingerprint density at radius 2 is 1.94 bits per heavy atom. The minimum absolute atomic E-state index is 0.114. The van der Waals surface area contributed by atoms with E-state index in [-0.39, 0.29) is 37.0 Å². The first-order chi connectivity index (χ1) is 16.6. The van der Waals surface area contributed by atoms with Crippen molar-refractivity contribution >= 4 is 23.6 Å². The summed E-state index contributed by atoms with van der Waals surface area (Å²) in [6.45, 7) is 5.49. The number of amides is 4. The van der Waals surface area contributed by atoms with E-state index in [0.717, 1.165) is 13.0 Å². The summed E-state index contributed by atoms with van der Waals surface area (Å²) in [5.41, 5.74) is 0.252. The van der Waals surface area contributed by atoms with Gasteiger partial charge in [0.2, 0.25) is 17.7 Å². The van der Waals surface area contributed by atoms with Gasteiger partial charge in [0.1, 0.15) is 24.4 Å². The number of para-hydroxylation sites is 1. The van der Waals surface area contributed by atoms with E-state index in [2.05, 4.69) is 16.0 Å². The van der Waals surface area contributed by atoms with Crippen LogP contribution in [0.2, 0.25) is 0 Å². The number of likely N-dealkylation sites (N-methyl/N-ethyl adjacent to an activating group) is 1. The number of carbonyl (C=O) groups excluding carboxylic acids is 4. The topological polar surface area (TPSA) is 120 Å². The summed E-state index contributed by atoms with van der Waals surface area (Å²) in [5.74, 6) is -1.45. The first kappa shape index (κ1) is 28.1. The van der Waals surface area contributed by atoms with Crippen molar-refractivity contribution in [3.63, 3.8) is 0 Å². The van der Waals surface area contributed by atoms with Crippen LogP contribution in [0.3, 0.4) is 0 Å². The van der Waals surface area contributed by atoms with Gasteiger partial charge >= 0.3 is 0 Å². The monoisotopic (exact) mass is 489 g/mol. The highest BCUT2D eigenvalue weighted by Gasteiger charge is 2.31. The van der Waals surface area contributed by atoms with Gasteiger partial charge in [0, 0.05) is 13.6 Å². The number of nitrogens with one attached hydrogen (secondary N) is 3. The molecule has 0 radical (unpaired) electrons. The van der Waals surface area contributed by atoms with Gasteiger partial charge in [0.15, 0.2) is 0 Å². The second kappa shape index (κ2) is 13.7. The smallest absolute Gasteiger partial charge is 0.255 e. The van der Waals surface area contributed by atoms with E-state index in [4.69, 9.17) is 4.74 Å². The standard InChI is InChI=1S/C25H39N5O5/c1-6-17(2)22-25(34)30(5)14-15-35-20-11-8-7-10-18(20)23(32)27-19(16-21(31)28-22)24(33)26-12-9-13-29(3)4/h7-8,10-11,17,19,22H,6,9,12-16H2,1-5H3,(H,26,33)(H,27,32)(H,28,31)/t17-,19-,22-/m0/s1. The zero-order chi connectivity index (χ0) is 26.0. The van der Waals surface area contributed by atoms with Crippen LogP contribution in [-0.2, 0) is 14.4 Å². The number of rotatable bonds is 7. The average molecular weight is 490 g/mol. The van der Waals surface area contributed by atoms with Crippen LogP contribution in [0, 0.1) is 5.92 Å². The molecule has 35 heavy (non-hydrogen) atoms. The molecule has 2 rings (SSSR count). The molecule has 0 saturated heterocycles. The molecular weight excluding hydrogens is 450 g/mol. The number of hydrogen-bond acceptors (Lipinski definition) is 6. The molecule has 0 saturated carbocycles. The highest BCUT2D eigenvalue weighted by atomic mass is 16.5. The summed E-state index contributed by atoms with van der Waals surface area (Å²) < 4.78 is 5.82. The first-order valence-electron chi connectivity index (χ1n) is 12.1. The maximum atomic E-state index is 13.1. The Morgan fingerprint density at radius 3 is 2.63 bits per heavy atom. The Labute approximate surface area is 207 Å². The third-order valence-corrected chi connectivity index (χ3v) is 6.08. The second-order valence-electron chi connectivity index (χ2n) is 9.21. The summed E-state index contributed by atoms with van der Waals surface area (Å²) in [7, 11) is 5.54. The van der Waals surface area contributed by atoms with Crippen LogP contribution < -0.4 is 20.7 Å². The van der Waals surface area contributed by atoms with Gasteiger partial charge in [0.25, 0.3) is 5.91 Å². The number of nitrogens with zero attached hydrogens (tertiary/aromatic N) is 2. The molecule has 0 fully saturated rings. The highest BCUT2D eigenvalue weighted by molar-refractivity contribution is 6.01. The molecule has 0 aromatic heterocycles. The van der Waals surface area contributed by atoms with Crippen molar-refractivity contribution in [3.8, 4) is 5.75 Å². The van der Waals surface area contributed by atoms with Gasteiger partial charge in [-0.3, -0.25) is 19.2 Å². The van der Waals surface area contributed by atoms with E-state index in [1.54, 1.807) is 31.3 Å². The van der Waals surface area contributed by atoms with E-state index in [9.17, 15) is 19.2 Å². The van der Waals surface area contributed by atoms with Crippen molar-refractivity contribution in [2.45, 2.75) is 45.2 Å². The van der Waals surface area contributed by atoms with Crippen molar-refractivity contribution in [3.05, 3.63) is 29.8 Å². The fourth-order valence-corrected chi connectivity index (χ4v) is 3.70. The molecule has 3 N–H and O–H groups in total. The third-order valence-electron chi connectivity index (χ3n) is 6.08. The minimum atomic E-state index is -1.11. The molecule has 0 unspecified atom stereocenters. The molecule has 1 aromatic rings. The SMILES string of the molecule is CC[C@H](C)[C@@H]1NC(=O)C[C@@H](C(=O)NCCCN(C)C)NC(=O)c2ccccc2OCCN(C)C1=O. The lowest BCUT2D eigenvalue weighted by molar-refractivity contribution is -0.137. The molecule has 4 amide bonds. The van der Waals surface area contributed by atoms with Crippen molar-refractivity contribution in [2.75, 3.05) is 47.4 Å². The lowest BCUT2D eigenvalue weighted by Gasteiger charge is -2.29. The first-order valence-corrected chi connectivity index (χ1v) is 12.1. The third kappa shape index (κ3) is 8.54. The average Bonchev–Trinajstić information content (AvgIpc) is 2.83. The predicted molar refractivity (Wildman–Crippen MR) is 133 cm³/mol.